The average Bonchev–Trinajstić information content (AvgIpc) is 2.27. The summed E-state index contributed by atoms with van der Waals surface area (Å²) in [6.07, 6.45) is 5.70. The third-order valence-corrected chi connectivity index (χ3v) is 5.04. The first-order valence-corrected chi connectivity index (χ1v) is 7.46. The van der Waals surface area contributed by atoms with Gasteiger partial charge in [0.15, 0.2) is 0 Å². The molecule has 4 heteroatoms. The highest BCUT2D eigenvalue weighted by molar-refractivity contribution is 5.85. The van der Waals surface area contributed by atoms with Gasteiger partial charge < -0.3 is 10.4 Å². The second-order valence-corrected chi connectivity index (χ2v) is 6.69. The molecule has 3 unspecified atom stereocenters. The second kappa shape index (κ2) is 5.51. The number of carbonyl (C=O) groups is 2. The number of carbonyl (C=O) groups excluding carboxylic acids is 1. The van der Waals surface area contributed by atoms with Crippen molar-refractivity contribution in [3.05, 3.63) is 0 Å². The SMILES string of the molecule is CC1CCC(NC(=O)CC2(C(=O)O)CCC2)C(C)C1. The van der Waals surface area contributed by atoms with Crippen molar-refractivity contribution in [2.24, 2.45) is 17.3 Å². The molecule has 0 aromatic carbocycles. The minimum Gasteiger partial charge on any atom is -0.481 e. The van der Waals surface area contributed by atoms with Crippen molar-refractivity contribution in [3.63, 3.8) is 0 Å². The molecule has 0 saturated heterocycles. The average molecular weight is 267 g/mol. The van der Waals surface area contributed by atoms with E-state index < -0.39 is 11.4 Å². The standard InChI is InChI=1S/C15H25NO3/c1-10-4-5-12(11(2)8-10)16-13(17)9-15(14(18)19)6-3-7-15/h10-12H,3-9H2,1-2H3,(H,16,17)(H,18,19). The molecule has 0 aromatic rings. The van der Waals surface area contributed by atoms with Crippen molar-refractivity contribution in [3.8, 4) is 0 Å². The van der Waals surface area contributed by atoms with Gasteiger partial charge in [0.25, 0.3) is 0 Å². The molecule has 0 spiro atoms. The quantitative estimate of drug-likeness (QED) is 0.822. The zero-order chi connectivity index (χ0) is 14.0. The van der Waals surface area contributed by atoms with Crippen LogP contribution in [0.25, 0.3) is 0 Å². The van der Waals surface area contributed by atoms with Crippen LogP contribution in [-0.2, 0) is 9.59 Å². The zero-order valence-electron chi connectivity index (χ0n) is 11.9. The molecule has 0 bridgehead atoms. The predicted octanol–water partition coefficient (Wildman–Crippen LogP) is 2.57. The second-order valence-electron chi connectivity index (χ2n) is 6.69. The smallest absolute Gasteiger partial charge is 0.310 e. The van der Waals surface area contributed by atoms with Crippen molar-refractivity contribution in [2.75, 3.05) is 0 Å². The first-order chi connectivity index (χ1) is 8.93. The van der Waals surface area contributed by atoms with Gasteiger partial charge in [-0.1, -0.05) is 20.3 Å². The van der Waals surface area contributed by atoms with E-state index in [0.29, 0.717) is 18.8 Å². The van der Waals surface area contributed by atoms with Crippen LogP contribution in [0.4, 0.5) is 0 Å². The molecule has 2 saturated carbocycles. The van der Waals surface area contributed by atoms with Crippen LogP contribution < -0.4 is 5.32 Å². The van der Waals surface area contributed by atoms with E-state index in [2.05, 4.69) is 19.2 Å². The van der Waals surface area contributed by atoms with Crippen molar-refractivity contribution < 1.29 is 14.7 Å². The molecule has 0 aliphatic heterocycles. The van der Waals surface area contributed by atoms with Crippen LogP contribution in [0.3, 0.4) is 0 Å². The highest BCUT2D eigenvalue weighted by Crippen LogP contribution is 2.44. The summed E-state index contributed by atoms with van der Waals surface area (Å²) in [5.74, 6) is 0.350. The molecular weight excluding hydrogens is 242 g/mol. The van der Waals surface area contributed by atoms with Crippen LogP contribution in [0.2, 0.25) is 0 Å². The Balaban J connectivity index is 1.86. The maximum Gasteiger partial charge on any atom is 0.310 e. The topological polar surface area (TPSA) is 66.4 Å². The van der Waals surface area contributed by atoms with Gasteiger partial charge in [0.1, 0.15) is 0 Å². The maximum atomic E-state index is 12.1. The van der Waals surface area contributed by atoms with E-state index in [4.69, 9.17) is 0 Å². The lowest BCUT2D eigenvalue weighted by Crippen LogP contribution is -2.47. The van der Waals surface area contributed by atoms with Crippen LogP contribution in [0, 0.1) is 17.3 Å². The number of nitrogens with one attached hydrogen (secondary N) is 1. The molecule has 19 heavy (non-hydrogen) atoms. The Labute approximate surface area is 115 Å². The molecule has 0 aromatic heterocycles. The molecule has 2 rings (SSSR count). The third kappa shape index (κ3) is 3.10. The van der Waals surface area contributed by atoms with E-state index in [-0.39, 0.29) is 18.4 Å². The Kier molecular flexibility index (Phi) is 4.16. The van der Waals surface area contributed by atoms with E-state index in [1.807, 2.05) is 0 Å². The first kappa shape index (κ1) is 14.4. The molecule has 2 fully saturated rings. The van der Waals surface area contributed by atoms with Gasteiger partial charge in [-0.15, -0.1) is 0 Å². The zero-order valence-corrected chi connectivity index (χ0v) is 11.9. The Morgan fingerprint density at radius 2 is 1.95 bits per heavy atom. The van der Waals surface area contributed by atoms with Gasteiger partial charge in [-0.05, 0) is 43.9 Å². The summed E-state index contributed by atoms with van der Waals surface area (Å²) in [6.45, 7) is 4.43. The maximum absolute atomic E-state index is 12.1. The summed E-state index contributed by atoms with van der Waals surface area (Å²) in [5.41, 5.74) is -0.769. The summed E-state index contributed by atoms with van der Waals surface area (Å²) in [4.78, 5) is 23.3. The highest BCUT2D eigenvalue weighted by Gasteiger charge is 2.46. The van der Waals surface area contributed by atoms with Gasteiger partial charge in [0.05, 0.1) is 5.41 Å². The summed E-state index contributed by atoms with van der Waals surface area (Å²) in [6, 6.07) is 0.231. The van der Waals surface area contributed by atoms with Gasteiger partial charge in [-0.25, -0.2) is 0 Å². The van der Waals surface area contributed by atoms with Crippen LogP contribution in [0.1, 0.15) is 58.8 Å². The van der Waals surface area contributed by atoms with Gasteiger partial charge >= 0.3 is 5.97 Å². The number of hydrogen-bond donors (Lipinski definition) is 2. The molecule has 2 aliphatic rings. The van der Waals surface area contributed by atoms with Crippen molar-refractivity contribution >= 4 is 11.9 Å². The normalized spacial score (nSPS) is 33.3. The Bertz CT molecular complexity index is 362. The summed E-state index contributed by atoms with van der Waals surface area (Å²) < 4.78 is 0. The summed E-state index contributed by atoms with van der Waals surface area (Å²) in [5, 5.41) is 12.3. The summed E-state index contributed by atoms with van der Waals surface area (Å²) in [7, 11) is 0. The number of rotatable bonds is 4. The van der Waals surface area contributed by atoms with E-state index in [1.165, 1.54) is 0 Å². The van der Waals surface area contributed by atoms with Crippen LogP contribution in [0.15, 0.2) is 0 Å². The van der Waals surface area contributed by atoms with E-state index >= 15 is 0 Å². The number of carboxylic acids is 1. The molecule has 2 aliphatic carbocycles. The largest absolute Gasteiger partial charge is 0.481 e. The minimum atomic E-state index is -0.806. The minimum absolute atomic E-state index is 0.0755. The van der Waals surface area contributed by atoms with Crippen LogP contribution in [-0.4, -0.2) is 23.0 Å². The van der Waals surface area contributed by atoms with Crippen LogP contribution >= 0.6 is 0 Å². The molecule has 1 amide bonds. The van der Waals surface area contributed by atoms with Crippen molar-refractivity contribution in [2.45, 2.75) is 64.8 Å². The monoisotopic (exact) mass is 267 g/mol. The van der Waals surface area contributed by atoms with Crippen molar-refractivity contribution in [1.82, 2.24) is 5.32 Å². The fourth-order valence-electron chi connectivity index (χ4n) is 3.51. The molecule has 2 N–H and O–H groups in total. The Morgan fingerprint density at radius 3 is 2.42 bits per heavy atom. The van der Waals surface area contributed by atoms with Crippen LogP contribution in [0.5, 0.6) is 0 Å². The fraction of sp³-hybridized carbons (Fsp3) is 0.867. The molecule has 4 nitrogen and oxygen atoms in total. The van der Waals surface area contributed by atoms with E-state index in [0.717, 1.165) is 31.6 Å². The van der Waals surface area contributed by atoms with Gasteiger partial charge in [-0.3, -0.25) is 9.59 Å². The lowest BCUT2D eigenvalue weighted by atomic mass is 9.66. The Morgan fingerprint density at radius 1 is 1.26 bits per heavy atom. The lowest BCUT2D eigenvalue weighted by Gasteiger charge is -2.38. The van der Waals surface area contributed by atoms with Gasteiger partial charge in [-0.2, -0.15) is 0 Å². The third-order valence-electron chi connectivity index (χ3n) is 5.04. The van der Waals surface area contributed by atoms with Gasteiger partial charge in [0.2, 0.25) is 5.91 Å². The van der Waals surface area contributed by atoms with Crippen molar-refractivity contribution in [1.29, 1.82) is 0 Å². The molecule has 0 radical (unpaired) electrons. The predicted molar refractivity (Wildman–Crippen MR) is 72.6 cm³/mol. The molecule has 108 valence electrons. The van der Waals surface area contributed by atoms with Gasteiger partial charge in [0, 0.05) is 12.5 Å². The highest BCUT2D eigenvalue weighted by atomic mass is 16.4. The molecular formula is C15H25NO3. The fourth-order valence-corrected chi connectivity index (χ4v) is 3.51. The lowest BCUT2D eigenvalue weighted by molar-refractivity contribution is -0.157. The van der Waals surface area contributed by atoms with E-state index in [1.54, 1.807) is 0 Å². The summed E-state index contributed by atoms with van der Waals surface area (Å²) >= 11 is 0. The molecule has 0 heterocycles. The Hall–Kier alpha value is -1.06. The van der Waals surface area contributed by atoms with E-state index in [9.17, 15) is 14.7 Å². The number of aliphatic carboxylic acids is 1. The first-order valence-electron chi connectivity index (χ1n) is 7.46. The number of hydrogen-bond acceptors (Lipinski definition) is 2. The number of carboxylic acid groups (broad SMARTS) is 1. The molecule has 3 atom stereocenters. The number of amides is 1.